The highest BCUT2D eigenvalue weighted by Gasteiger charge is 1.97. The molecule has 0 aliphatic carbocycles. The molecule has 1 rings (SSSR count). The lowest BCUT2D eigenvalue weighted by Gasteiger charge is -2.03. The van der Waals surface area contributed by atoms with Crippen LogP contribution in [0, 0.1) is 0 Å². The highest BCUT2D eigenvalue weighted by atomic mass is 15.3. The second kappa shape index (κ2) is 4.13. The van der Waals surface area contributed by atoms with Gasteiger partial charge in [0.2, 0.25) is 0 Å². The molecule has 1 N–H and O–H groups in total. The molecule has 0 aliphatic rings. The van der Waals surface area contributed by atoms with Gasteiger partial charge in [0.1, 0.15) is 0 Å². The van der Waals surface area contributed by atoms with Gasteiger partial charge in [0.25, 0.3) is 0 Å². The lowest BCUT2D eigenvalue weighted by molar-refractivity contribution is 0.562. The maximum atomic E-state index is 4.20. The standard InChI is InChI=1S/C8H15N3/c1-3-6-11-8(7-9-2)4-5-10-11/h4-5,9H,3,6-7H2,1-2H3. The molecule has 1 aromatic rings. The third-order valence-electron chi connectivity index (χ3n) is 1.60. The predicted molar refractivity (Wildman–Crippen MR) is 45.3 cm³/mol. The van der Waals surface area contributed by atoms with Crippen molar-refractivity contribution in [2.45, 2.75) is 26.4 Å². The third-order valence-corrected chi connectivity index (χ3v) is 1.60. The van der Waals surface area contributed by atoms with Gasteiger partial charge in [0.05, 0.1) is 5.69 Å². The molecule has 0 aromatic carbocycles. The van der Waals surface area contributed by atoms with Crippen molar-refractivity contribution >= 4 is 0 Å². The molecule has 0 spiro atoms. The molecule has 0 amide bonds. The van der Waals surface area contributed by atoms with E-state index in [1.54, 1.807) is 0 Å². The summed E-state index contributed by atoms with van der Waals surface area (Å²) in [5.41, 5.74) is 1.26. The molecule has 0 unspecified atom stereocenters. The minimum Gasteiger partial charge on any atom is -0.314 e. The number of nitrogens with one attached hydrogen (secondary N) is 1. The number of aryl methyl sites for hydroxylation is 1. The lowest BCUT2D eigenvalue weighted by Crippen LogP contribution is -2.11. The number of hydrogen-bond donors (Lipinski definition) is 1. The summed E-state index contributed by atoms with van der Waals surface area (Å²) in [6, 6.07) is 2.05. The van der Waals surface area contributed by atoms with Crippen molar-refractivity contribution in [3.63, 3.8) is 0 Å². The monoisotopic (exact) mass is 153 g/mol. The fraction of sp³-hybridized carbons (Fsp3) is 0.625. The van der Waals surface area contributed by atoms with Crippen molar-refractivity contribution in [3.8, 4) is 0 Å². The molecule has 0 saturated carbocycles. The Morgan fingerprint density at radius 2 is 2.45 bits per heavy atom. The van der Waals surface area contributed by atoms with Crippen molar-refractivity contribution in [3.05, 3.63) is 18.0 Å². The highest BCUT2D eigenvalue weighted by molar-refractivity contribution is 4.99. The molecule has 0 atom stereocenters. The van der Waals surface area contributed by atoms with E-state index in [1.807, 2.05) is 24.0 Å². The minimum absolute atomic E-state index is 0.903. The summed E-state index contributed by atoms with van der Waals surface area (Å²) in [7, 11) is 1.95. The summed E-state index contributed by atoms with van der Waals surface area (Å²) in [5, 5.41) is 7.31. The average molecular weight is 153 g/mol. The van der Waals surface area contributed by atoms with E-state index in [-0.39, 0.29) is 0 Å². The van der Waals surface area contributed by atoms with Gasteiger partial charge in [-0.05, 0) is 19.5 Å². The summed E-state index contributed by atoms with van der Waals surface area (Å²) in [6.07, 6.45) is 2.99. The van der Waals surface area contributed by atoms with Gasteiger partial charge in [-0.1, -0.05) is 6.92 Å². The van der Waals surface area contributed by atoms with Crippen LogP contribution in [0.5, 0.6) is 0 Å². The van der Waals surface area contributed by atoms with E-state index < -0.39 is 0 Å². The van der Waals surface area contributed by atoms with Crippen LogP contribution in [0.15, 0.2) is 12.3 Å². The van der Waals surface area contributed by atoms with Crippen LogP contribution in [0.4, 0.5) is 0 Å². The van der Waals surface area contributed by atoms with Crippen LogP contribution < -0.4 is 5.32 Å². The molecule has 0 saturated heterocycles. The van der Waals surface area contributed by atoms with E-state index in [1.165, 1.54) is 5.69 Å². The molecular weight excluding hydrogens is 138 g/mol. The van der Waals surface area contributed by atoms with Gasteiger partial charge < -0.3 is 5.32 Å². The SMILES string of the molecule is CCCn1nccc1CNC. The Morgan fingerprint density at radius 3 is 3.09 bits per heavy atom. The normalized spacial score (nSPS) is 10.4. The number of rotatable bonds is 4. The third kappa shape index (κ3) is 2.05. The van der Waals surface area contributed by atoms with Crippen molar-refractivity contribution < 1.29 is 0 Å². The van der Waals surface area contributed by atoms with Gasteiger partial charge >= 0.3 is 0 Å². The number of hydrogen-bond acceptors (Lipinski definition) is 2. The lowest BCUT2D eigenvalue weighted by atomic mass is 10.4. The summed E-state index contributed by atoms with van der Waals surface area (Å²) >= 11 is 0. The first-order valence-corrected chi connectivity index (χ1v) is 4.03. The molecule has 0 fully saturated rings. The van der Waals surface area contributed by atoms with Gasteiger partial charge in [-0.3, -0.25) is 4.68 Å². The van der Waals surface area contributed by atoms with Crippen molar-refractivity contribution in [1.29, 1.82) is 0 Å². The van der Waals surface area contributed by atoms with E-state index in [4.69, 9.17) is 0 Å². The molecule has 1 heterocycles. The molecule has 0 aliphatic heterocycles. The Hall–Kier alpha value is -0.830. The second-order valence-corrected chi connectivity index (χ2v) is 2.58. The first-order chi connectivity index (χ1) is 5.38. The fourth-order valence-electron chi connectivity index (χ4n) is 1.10. The van der Waals surface area contributed by atoms with Gasteiger partial charge in [-0.15, -0.1) is 0 Å². The molecule has 0 radical (unpaired) electrons. The van der Waals surface area contributed by atoms with Gasteiger partial charge in [-0.25, -0.2) is 0 Å². The highest BCUT2D eigenvalue weighted by Crippen LogP contribution is 1.98. The summed E-state index contributed by atoms with van der Waals surface area (Å²) in [6.45, 7) is 4.08. The Bertz CT molecular complexity index is 184. The van der Waals surface area contributed by atoms with Crippen LogP contribution in [0.25, 0.3) is 0 Å². The molecule has 3 heteroatoms. The van der Waals surface area contributed by atoms with Crippen LogP contribution in [0.2, 0.25) is 0 Å². The summed E-state index contributed by atoms with van der Waals surface area (Å²) in [5.74, 6) is 0. The number of aromatic nitrogens is 2. The zero-order valence-corrected chi connectivity index (χ0v) is 7.17. The van der Waals surface area contributed by atoms with Crippen LogP contribution in [0.1, 0.15) is 19.0 Å². The smallest absolute Gasteiger partial charge is 0.0521 e. The largest absolute Gasteiger partial charge is 0.314 e. The zero-order valence-electron chi connectivity index (χ0n) is 7.17. The van der Waals surface area contributed by atoms with Crippen LogP contribution in [-0.4, -0.2) is 16.8 Å². The Morgan fingerprint density at radius 1 is 1.64 bits per heavy atom. The minimum atomic E-state index is 0.903. The van der Waals surface area contributed by atoms with Crippen molar-refractivity contribution in [2.24, 2.45) is 0 Å². The van der Waals surface area contributed by atoms with E-state index in [9.17, 15) is 0 Å². The fourth-order valence-corrected chi connectivity index (χ4v) is 1.10. The first-order valence-electron chi connectivity index (χ1n) is 4.03. The predicted octanol–water partition coefficient (Wildman–Crippen LogP) is 1.01. The maximum Gasteiger partial charge on any atom is 0.0521 e. The summed E-state index contributed by atoms with van der Waals surface area (Å²) in [4.78, 5) is 0. The van der Waals surface area contributed by atoms with Crippen LogP contribution in [-0.2, 0) is 13.1 Å². The molecule has 1 aromatic heterocycles. The van der Waals surface area contributed by atoms with Crippen LogP contribution >= 0.6 is 0 Å². The van der Waals surface area contributed by atoms with E-state index in [0.29, 0.717) is 0 Å². The Balaban J connectivity index is 2.62. The van der Waals surface area contributed by atoms with E-state index in [2.05, 4.69) is 17.3 Å². The number of nitrogens with zero attached hydrogens (tertiary/aromatic N) is 2. The second-order valence-electron chi connectivity index (χ2n) is 2.58. The zero-order chi connectivity index (χ0) is 8.10. The van der Waals surface area contributed by atoms with Crippen molar-refractivity contribution in [1.82, 2.24) is 15.1 Å². The Labute approximate surface area is 67.4 Å². The van der Waals surface area contributed by atoms with Gasteiger partial charge in [-0.2, -0.15) is 5.10 Å². The molecule has 62 valence electrons. The molecule has 0 bridgehead atoms. The topological polar surface area (TPSA) is 29.9 Å². The first kappa shape index (κ1) is 8.27. The average Bonchev–Trinajstić information content (AvgIpc) is 2.39. The van der Waals surface area contributed by atoms with E-state index >= 15 is 0 Å². The maximum absolute atomic E-state index is 4.20. The van der Waals surface area contributed by atoms with Gasteiger partial charge in [0, 0.05) is 19.3 Å². The van der Waals surface area contributed by atoms with Gasteiger partial charge in [0.15, 0.2) is 0 Å². The van der Waals surface area contributed by atoms with Crippen LogP contribution in [0.3, 0.4) is 0 Å². The summed E-state index contributed by atoms with van der Waals surface area (Å²) < 4.78 is 2.04. The Kier molecular flexibility index (Phi) is 3.11. The van der Waals surface area contributed by atoms with E-state index in [0.717, 1.165) is 19.5 Å². The molecule has 11 heavy (non-hydrogen) atoms. The molecular formula is C8H15N3. The quantitative estimate of drug-likeness (QED) is 0.699. The molecule has 3 nitrogen and oxygen atoms in total. The van der Waals surface area contributed by atoms with Crippen molar-refractivity contribution in [2.75, 3.05) is 7.05 Å².